The number of hydrogen-bond donors (Lipinski definition) is 0. The minimum absolute atomic E-state index is 0.124. The maximum absolute atomic E-state index is 13.5. The molecule has 3 aromatic carbocycles. The Balaban J connectivity index is 1.33. The first-order valence-electron chi connectivity index (χ1n) is 12.0. The van der Waals surface area contributed by atoms with Crippen LogP contribution in [-0.2, 0) is 6.18 Å². The second kappa shape index (κ2) is 10.4. The lowest BCUT2D eigenvalue weighted by Gasteiger charge is -2.36. The van der Waals surface area contributed by atoms with Gasteiger partial charge in [0.2, 0.25) is 0 Å². The molecule has 38 heavy (non-hydrogen) atoms. The molecule has 5 rings (SSSR count). The summed E-state index contributed by atoms with van der Waals surface area (Å²) in [5.41, 5.74) is 1.53. The molecule has 0 unspecified atom stereocenters. The highest BCUT2D eigenvalue weighted by Gasteiger charge is 2.35. The number of benzene rings is 3. The van der Waals surface area contributed by atoms with Crippen LogP contribution in [0, 0.1) is 0 Å². The quantitative estimate of drug-likeness (QED) is 0.303. The van der Waals surface area contributed by atoms with Crippen LogP contribution in [0.3, 0.4) is 0 Å². The molecule has 2 heterocycles. The molecule has 0 N–H and O–H groups in total. The van der Waals surface area contributed by atoms with Crippen LogP contribution in [0.4, 0.5) is 18.9 Å². The van der Waals surface area contributed by atoms with Gasteiger partial charge in [0.25, 0.3) is 5.91 Å². The first-order chi connectivity index (χ1) is 18.2. The average Bonchev–Trinajstić information content (AvgIpc) is 3.39. The second-order valence-electron chi connectivity index (χ2n) is 8.83. The fraction of sp³-hybridized carbons (Fsp3) is 0.214. The lowest BCUT2D eigenvalue weighted by atomic mass is 10.1. The lowest BCUT2D eigenvalue weighted by Crippen LogP contribution is -2.48. The predicted molar refractivity (Wildman–Crippen MR) is 140 cm³/mol. The van der Waals surface area contributed by atoms with Gasteiger partial charge in [-0.25, -0.2) is 4.68 Å². The van der Waals surface area contributed by atoms with Crippen LogP contribution < -0.4 is 9.64 Å². The highest BCUT2D eigenvalue weighted by Crippen LogP contribution is 2.34. The van der Waals surface area contributed by atoms with Crippen LogP contribution in [0.1, 0.15) is 16.1 Å². The molecule has 0 atom stereocenters. The van der Waals surface area contributed by atoms with E-state index in [2.05, 4.69) is 10.00 Å². The van der Waals surface area contributed by atoms with Crippen molar-refractivity contribution in [1.82, 2.24) is 14.7 Å². The molecule has 0 radical (unpaired) electrons. The van der Waals surface area contributed by atoms with Gasteiger partial charge >= 0.3 is 6.18 Å². The highest BCUT2D eigenvalue weighted by atomic mass is 35.5. The predicted octanol–water partition coefficient (Wildman–Crippen LogP) is 6.18. The minimum Gasteiger partial charge on any atom is -0.497 e. The number of aromatic nitrogens is 2. The van der Waals surface area contributed by atoms with Crippen molar-refractivity contribution in [3.63, 3.8) is 0 Å². The van der Waals surface area contributed by atoms with Gasteiger partial charge in [-0.3, -0.25) is 4.79 Å². The zero-order valence-electron chi connectivity index (χ0n) is 20.5. The zero-order chi connectivity index (χ0) is 26.9. The van der Waals surface area contributed by atoms with Crippen LogP contribution >= 0.6 is 11.6 Å². The van der Waals surface area contributed by atoms with Crippen LogP contribution in [-0.4, -0.2) is 53.9 Å². The molecule has 1 aliphatic heterocycles. The maximum atomic E-state index is 13.5. The summed E-state index contributed by atoms with van der Waals surface area (Å²) in [6.45, 7) is 2.49. The Morgan fingerprint density at radius 2 is 1.58 bits per heavy atom. The van der Waals surface area contributed by atoms with E-state index < -0.39 is 11.9 Å². The Hall–Kier alpha value is -3.98. The molecular weight excluding hydrogens is 517 g/mol. The molecule has 0 spiro atoms. The summed E-state index contributed by atoms with van der Waals surface area (Å²) < 4.78 is 46.9. The summed E-state index contributed by atoms with van der Waals surface area (Å²) in [7, 11) is 1.62. The molecule has 1 saturated heterocycles. The number of carbonyl (C=O) groups is 1. The fourth-order valence-electron chi connectivity index (χ4n) is 4.46. The van der Waals surface area contributed by atoms with Gasteiger partial charge in [-0.05, 0) is 54.6 Å². The zero-order valence-corrected chi connectivity index (χ0v) is 21.2. The van der Waals surface area contributed by atoms with Gasteiger partial charge in [-0.1, -0.05) is 35.9 Å². The maximum Gasteiger partial charge on any atom is 0.435 e. The van der Waals surface area contributed by atoms with Crippen molar-refractivity contribution in [3.8, 4) is 22.7 Å². The minimum atomic E-state index is -4.62. The fourth-order valence-corrected chi connectivity index (χ4v) is 4.68. The number of rotatable bonds is 5. The summed E-state index contributed by atoms with van der Waals surface area (Å²) in [4.78, 5) is 17.1. The number of amides is 1. The van der Waals surface area contributed by atoms with Gasteiger partial charge in [0.05, 0.1) is 23.5 Å². The number of ether oxygens (including phenoxy) is 1. The summed E-state index contributed by atoms with van der Waals surface area (Å²) in [5.74, 6) is 0.664. The molecule has 6 nitrogen and oxygen atoms in total. The van der Waals surface area contributed by atoms with E-state index >= 15 is 0 Å². The van der Waals surface area contributed by atoms with Gasteiger partial charge in [-0.2, -0.15) is 18.3 Å². The normalized spacial score (nSPS) is 14.0. The van der Waals surface area contributed by atoms with Crippen molar-refractivity contribution < 1.29 is 22.7 Å². The average molecular weight is 541 g/mol. The van der Waals surface area contributed by atoms with Crippen molar-refractivity contribution in [2.45, 2.75) is 6.18 Å². The molecule has 1 aromatic heterocycles. The van der Waals surface area contributed by atoms with E-state index in [1.165, 1.54) is 4.68 Å². The second-order valence-corrected chi connectivity index (χ2v) is 9.24. The van der Waals surface area contributed by atoms with Crippen molar-refractivity contribution >= 4 is 23.2 Å². The summed E-state index contributed by atoms with van der Waals surface area (Å²) in [6.07, 6.45) is -4.62. The standard InChI is InChI=1S/C28H24ClF3N4O2/c1-38-22-12-10-21(11-13-22)34-14-16-35(17-15-34)27(37)20-8-6-19(7-9-20)25-18-26(28(30,31)32)33-36(25)24-5-3-2-4-23(24)29/h2-13,18H,14-17H2,1H3. The third-order valence-corrected chi connectivity index (χ3v) is 6.83. The van der Waals surface area contributed by atoms with Gasteiger partial charge in [0.15, 0.2) is 5.69 Å². The van der Waals surface area contributed by atoms with Gasteiger partial charge in [0.1, 0.15) is 5.75 Å². The van der Waals surface area contributed by atoms with Crippen LogP contribution in [0.2, 0.25) is 5.02 Å². The van der Waals surface area contributed by atoms with E-state index in [0.29, 0.717) is 43.0 Å². The number of carbonyl (C=O) groups excluding carboxylic acids is 1. The van der Waals surface area contributed by atoms with E-state index in [4.69, 9.17) is 16.3 Å². The Labute approximate surface area is 222 Å². The topological polar surface area (TPSA) is 50.6 Å². The summed E-state index contributed by atoms with van der Waals surface area (Å²) >= 11 is 6.26. The van der Waals surface area contributed by atoms with Gasteiger partial charge < -0.3 is 14.5 Å². The van der Waals surface area contributed by atoms with Crippen LogP contribution in [0.15, 0.2) is 78.9 Å². The lowest BCUT2D eigenvalue weighted by molar-refractivity contribution is -0.141. The number of nitrogens with zero attached hydrogens (tertiary/aromatic N) is 4. The first kappa shape index (κ1) is 25.7. The smallest absolute Gasteiger partial charge is 0.435 e. The molecule has 1 amide bonds. The third-order valence-electron chi connectivity index (χ3n) is 6.51. The summed E-state index contributed by atoms with van der Waals surface area (Å²) in [5, 5.41) is 4.05. The van der Waals surface area contributed by atoms with Crippen LogP contribution in [0.5, 0.6) is 5.75 Å². The van der Waals surface area contributed by atoms with Crippen molar-refractivity contribution in [3.05, 3.63) is 95.1 Å². The molecule has 1 aliphatic rings. The molecule has 196 valence electrons. The van der Waals surface area contributed by atoms with E-state index in [9.17, 15) is 18.0 Å². The first-order valence-corrected chi connectivity index (χ1v) is 12.3. The molecule has 4 aromatic rings. The SMILES string of the molecule is COc1ccc(N2CCN(C(=O)c3ccc(-c4cc(C(F)(F)F)nn4-c4ccccc4Cl)cc3)CC2)cc1. The Morgan fingerprint density at radius 1 is 0.921 bits per heavy atom. The number of hydrogen-bond acceptors (Lipinski definition) is 4. The summed E-state index contributed by atoms with van der Waals surface area (Å²) in [6, 6.07) is 21.9. The molecular formula is C28H24ClF3N4O2. The van der Waals surface area contributed by atoms with Crippen molar-refractivity contribution in [2.75, 3.05) is 38.2 Å². The Bertz CT molecular complexity index is 1430. The largest absolute Gasteiger partial charge is 0.497 e. The van der Waals surface area contributed by atoms with Gasteiger partial charge in [0, 0.05) is 43.0 Å². The Morgan fingerprint density at radius 3 is 2.18 bits per heavy atom. The number of piperazine rings is 1. The molecule has 10 heteroatoms. The molecule has 0 saturated carbocycles. The van der Waals surface area contributed by atoms with E-state index in [1.54, 1.807) is 60.5 Å². The third kappa shape index (κ3) is 5.19. The Kier molecular flexibility index (Phi) is 7.03. The highest BCUT2D eigenvalue weighted by molar-refractivity contribution is 6.32. The van der Waals surface area contributed by atoms with E-state index in [0.717, 1.165) is 17.5 Å². The number of anilines is 1. The number of halogens is 4. The van der Waals surface area contributed by atoms with Crippen molar-refractivity contribution in [2.24, 2.45) is 0 Å². The van der Waals surface area contributed by atoms with E-state index in [-0.39, 0.29) is 16.6 Å². The number of para-hydroxylation sites is 1. The van der Waals surface area contributed by atoms with Gasteiger partial charge in [-0.15, -0.1) is 0 Å². The van der Waals surface area contributed by atoms with Crippen LogP contribution in [0.25, 0.3) is 16.9 Å². The number of alkyl halides is 3. The molecule has 0 bridgehead atoms. The monoisotopic (exact) mass is 540 g/mol. The van der Waals surface area contributed by atoms with E-state index in [1.807, 2.05) is 24.3 Å². The molecule has 0 aliphatic carbocycles. The van der Waals surface area contributed by atoms with Crippen molar-refractivity contribution in [1.29, 1.82) is 0 Å². The molecule has 1 fully saturated rings. The number of methoxy groups -OCH3 is 1.